The minimum absolute atomic E-state index is 0.190. The van der Waals surface area contributed by atoms with E-state index >= 15 is 0 Å². The fourth-order valence-corrected chi connectivity index (χ4v) is 1.94. The summed E-state index contributed by atoms with van der Waals surface area (Å²) in [7, 11) is 0. The van der Waals surface area contributed by atoms with Crippen LogP contribution in [-0.2, 0) is 9.68 Å². The van der Waals surface area contributed by atoms with Gasteiger partial charge in [0.05, 0.1) is 0 Å². The van der Waals surface area contributed by atoms with E-state index in [1.165, 1.54) is 0 Å². The summed E-state index contributed by atoms with van der Waals surface area (Å²) in [4.78, 5) is 14.7. The fourth-order valence-electron chi connectivity index (χ4n) is 1.94. The van der Waals surface area contributed by atoms with Crippen LogP contribution in [0.5, 0.6) is 0 Å². The minimum atomic E-state index is -0.759. The summed E-state index contributed by atoms with van der Waals surface area (Å²) < 4.78 is 0. The van der Waals surface area contributed by atoms with Crippen LogP contribution in [-0.4, -0.2) is 22.4 Å². The second-order valence-corrected chi connectivity index (χ2v) is 5.63. The van der Waals surface area contributed by atoms with E-state index in [9.17, 15) is 4.79 Å². The molecule has 0 fully saturated rings. The van der Waals surface area contributed by atoms with Crippen LogP contribution in [0.25, 0.3) is 0 Å². The number of carbonyl (C=O) groups is 1. The van der Waals surface area contributed by atoms with Crippen molar-refractivity contribution in [1.82, 2.24) is 0 Å². The maximum absolute atomic E-state index is 10.3. The molecule has 0 aliphatic heterocycles. The lowest BCUT2D eigenvalue weighted by Crippen LogP contribution is -2.04. The highest BCUT2D eigenvalue weighted by Crippen LogP contribution is 2.02. The molecule has 0 spiro atoms. The predicted octanol–water partition coefficient (Wildman–Crippen LogP) is 6.02. The number of carboxylic acid groups (broad SMARTS) is 1. The molecule has 2 N–H and O–H groups in total. The van der Waals surface area contributed by atoms with Gasteiger partial charge >= 0.3 is 5.97 Å². The van der Waals surface area contributed by atoms with Crippen molar-refractivity contribution in [2.75, 3.05) is 0 Å². The van der Waals surface area contributed by atoms with Gasteiger partial charge in [0.2, 0.25) is 0 Å². The van der Waals surface area contributed by atoms with Crippen molar-refractivity contribution in [3.05, 3.63) is 72.9 Å². The van der Waals surface area contributed by atoms with Crippen molar-refractivity contribution in [2.24, 2.45) is 0 Å². The van der Waals surface area contributed by atoms with Crippen molar-refractivity contribution in [3.8, 4) is 0 Å². The van der Waals surface area contributed by atoms with Gasteiger partial charge in [0.25, 0.3) is 0 Å². The van der Waals surface area contributed by atoms with Gasteiger partial charge < -0.3 is 5.11 Å². The molecule has 4 nitrogen and oxygen atoms in total. The van der Waals surface area contributed by atoms with Crippen LogP contribution in [0.2, 0.25) is 0 Å². The van der Waals surface area contributed by atoms with Crippen LogP contribution >= 0.6 is 0 Å². The lowest BCUT2D eigenvalue weighted by molar-refractivity contribution is -0.264. The van der Waals surface area contributed by atoms with E-state index in [2.05, 4.69) is 36.1 Å². The molecule has 0 aliphatic carbocycles. The number of allylic oxidation sites excluding steroid dienone is 10. The number of aliphatic carboxylic acids is 1. The van der Waals surface area contributed by atoms with Crippen LogP contribution in [0, 0.1) is 0 Å². The number of carboxylic acids is 1. The maximum atomic E-state index is 10.3. The highest BCUT2D eigenvalue weighted by atomic mass is 17.1. The molecule has 0 aliphatic rings. The van der Waals surface area contributed by atoms with Gasteiger partial charge in [-0.05, 0) is 38.5 Å². The Bertz CT molecular complexity index is 510. The molecule has 0 aromatic heterocycles. The lowest BCUT2D eigenvalue weighted by atomic mass is 10.2. The highest BCUT2D eigenvalue weighted by molar-refractivity contribution is 5.66. The molecule has 0 radical (unpaired) electrons. The number of hydrogen-bond acceptors (Lipinski definition) is 3. The van der Waals surface area contributed by atoms with Crippen LogP contribution in [0.1, 0.15) is 51.9 Å². The highest BCUT2D eigenvalue weighted by Gasteiger charge is 1.99. The summed E-state index contributed by atoms with van der Waals surface area (Å²) in [5.74, 6) is -0.759. The van der Waals surface area contributed by atoms with E-state index < -0.39 is 5.97 Å². The Labute approximate surface area is 157 Å². The zero-order valence-corrected chi connectivity index (χ0v) is 15.7. The molecule has 0 rings (SSSR count). The van der Waals surface area contributed by atoms with Crippen LogP contribution < -0.4 is 0 Å². The Morgan fingerprint density at radius 3 is 2.08 bits per heavy atom. The molecule has 0 aromatic rings. The van der Waals surface area contributed by atoms with Crippen molar-refractivity contribution in [1.29, 1.82) is 0 Å². The zero-order chi connectivity index (χ0) is 19.3. The molecular weight excluding hydrogens is 328 g/mol. The summed E-state index contributed by atoms with van der Waals surface area (Å²) in [6, 6.07) is 0. The Morgan fingerprint density at radius 2 is 1.50 bits per heavy atom. The van der Waals surface area contributed by atoms with Crippen molar-refractivity contribution >= 4 is 5.97 Å². The third-order valence-electron chi connectivity index (χ3n) is 3.32. The molecule has 1 atom stereocenters. The first kappa shape index (κ1) is 23.8. The zero-order valence-electron chi connectivity index (χ0n) is 15.7. The summed E-state index contributed by atoms with van der Waals surface area (Å²) in [6.45, 7) is 2.06. The largest absolute Gasteiger partial charge is 0.481 e. The van der Waals surface area contributed by atoms with Gasteiger partial charge in [0.15, 0.2) is 0 Å². The SMILES string of the molecule is CCC=CC[C@@H](/C=C/C=CCC=CCC=CCC=CCCC(=O)O)OO. The van der Waals surface area contributed by atoms with Crippen LogP contribution in [0.3, 0.4) is 0 Å². The minimum Gasteiger partial charge on any atom is -0.481 e. The average Bonchev–Trinajstić information content (AvgIpc) is 2.63. The molecular formula is C22H32O4. The summed E-state index contributed by atoms with van der Waals surface area (Å²) >= 11 is 0. The standard InChI is InChI=1S/C22H32O4/c1-2-3-15-18-21(26-25)19-16-13-11-9-7-5-4-6-8-10-12-14-17-20-22(23)24/h3,5-8,11-16,19,21,25H,2,4,9-10,17-18,20H2,1H3,(H,23,24)/b7-5?,8-6?,13-11?,14-12?,15-3?,19-16+/t21-/m0/s1. The maximum Gasteiger partial charge on any atom is 0.303 e. The van der Waals surface area contributed by atoms with E-state index in [1.54, 1.807) is 0 Å². The number of hydrogen-bond donors (Lipinski definition) is 2. The molecule has 4 heteroatoms. The molecule has 26 heavy (non-hydrogen) atoms. The van der Waals surface area contributed by atoms with Crippen molar-refractivity contribution < 1.29 is 20.0 Å². The second kappa shape index (κ2) is 19.2. The van der Waals surface area contributed by atoms with E-state index in [-0.39, 0.29) is 12.5 Å². The van der Waals surface area contributed by atoms with Crippen molar-refractivity contribution in [3.63, 3.8) is 0 Å². The van der Waals surface area contributed by atoms with Crippen LogP contribution in [0.15, 0.2) is 72.9 Å². The second-order valence-electron chi connectivity index (χ2n) is 5.63. The third-order valence-corrected chi connectivity index (χ3v) is 3.32. The van der Waals surface area contributed by atoms with E-state index in [0.717, 1.165) is 25.7 Å². The quantitative estimate of drug-likeness (QED) is 0.162. The van der Waals surface area contributed by atoms with Gasteiger partial charge in [-0.15, -0.1) is 0 Å². The van der Waals surface area contributed by atoms with Gasteiger partial charge in [-0.25, -0.2) is 4.89 Å². The van der Waals surface area contributed by atoms with E-state index in [1.807, 2.05) is 48.6 Å². The van der Waals surface area contributed by atoms with E-state index in [0.29, 0.717) is 12.8 Å². The fraction of sp³-hybridized carbons (Fsp3) is 0.409. The smallest absolute Gasteiger partial charge is 0.303 e. The van der Waals surface area contributed by atoms with Crippen LogP contribution in [0.4, 0.5) is 0 Å². The Balaban J connectivity index is 3.77. The predicted molar refractivity (Wildman–Crippen MR) is 108 cm³/mol. The first-order valence-corrected chi connectivity index (χ1v) is 9.16. The molecule has 0 heterocycles. The van der Waals surface area contributed by atoms with Gasteiger partial charge in [-0.1, -0.05) is 79.8 Å². The summed E-state index contributed by atoms with van der Waals surface area (Å²) in [6.07, 6.45) is 28.7. The Morgan fingerprint density at radius 1 is 0.885 bits per heavy atom. The van der Waals surface area contributed by atoms with E-state index in [4.69, 9.17) is 10.4 Å². The molecule has 0 aromatic carbocycles. The Hall–Kier alpha value is -2.17. The monoisotopic (exact) mass is 360 g/mol. The molecule has 0 saturated carbocycles. The topological polar surface area (TPSA) is 66.8 Å². The summed E-state index contributed by atoms with van der Waals surface area (Å²) in [5, 5.41) is 17.3. The molecule has 144 valence electrons. The molecule has 0 bridgehead atoms. The average molecular weight is 360 g/mol. The molecule has 0 saturated heterocycles. The van der Waals surface area contributed by atoms with Gasteiger partial charge in [0, 0.05) is 6.42 Å². The normalized spacial score (nSPS) is 14.2. The van der Waals surface area contributed by atoms with Gasteiger partial charge in [-0.2, -0.15) is 0 Å². The first-order chi connectivity index (χ1) is 12.7. The first-order valence-electron chi connectivity index (χ1n) is 9.16. The molecule has 0 unspecified atom stereocenters. The molecule has 0 amide bonds. The lowest BCUT2D eigenvalue weighted by Gasteiger charge is -2.03. The van der Waals surface area contributed by atoms with Gasteiger partial charge in [0.1, 0.15) is 6.10 Å². The third kappa shape index (κ3) is 18.2. The van der Waals surface area contributed by atoms with Crippen molar-refractivity contribution in [2.45, 2.75) is 58.0 Å². The Kier molecular flexibility index (Phi) is 17.6. The number of rotatable bonds is 15. The van der Waals surface area contributed by atoms with Gasteiger partial charge in [-0.3, -0.25) is 10.1 Å². The summed E-state index contributed by atoms with van der Waals surface area (Å²) in [5.41, 5.74) is 0.